The van der Waals surface area contributed by atoms with E-state index in [9.17, 15) is 4.79 Å². The summed E-state index contributed by atoms with van der Waals surface area (Å²) in [6.45, 7) is 4.18. The fourth-order valence-corrected chi connectivity index (χ4v) is 4.37. The van der Waals surface area contributed by atoms with Crippen molar-refractivity contribution in [2.45, 2.75) is 32.4 Å². The van der Waals surface area contributed by atoms with E-state index < -0.39 is 0 Å². The SMILES string of the molecule is Cc1ccc(-c2nn(Cc3ccccc3)cc2/C=C/C(=O)N2CCC(n3cncn3)CC2)cc1. The predicted molar refractivity (Wildman–Crippen MR) is 132 cm³/mol. The van der Waals surface area contributed by atoms with Crippen LogP contribution in [0.4, 0.5) is 0 Å². The molecule has 0 spiro atoms. The minimum absolute atomic E-state index is 0.0303. The molecular formula is C27H28N6O. The zero-order valence-electron chi connectivity index (χ0n) is 19.3. The third-order valence-corrected chi connectivity index (χ3v) is 6.29. The lowest BCUT2D eigenvalue weighted by molar-refractivity contribution is -0.127. The average molecular weight is 453 g/mol. The van der Waals surface area contributed by atoms with E-state index in [0.717, 1.165) is 29.7 Å². The largest absolute Gasteiger partial charge is 0.339 e. The van der Waals surface area contributed by atoms with Crippen molar-refractivity contribution in [2.75, 3.05) is 13.1 Å². The summed E-state index contributed by atoms with van der Waals surface area (Å²) in [5.41, 5.74) is 5.24. The molecule has 0 aliphatic carbocycles. The van der Waals surface area contributed by atoms with Gasteiger partial charge in [-0.2, -0.15) is 10.2 Å². The van der Waals surface area contributed by atoms with E-state index in [1.807, 2.05) is 44.7 Å². The van der Waals surface area contributed by atoms with Crippen molar-refractivity contribution in [3.63, 3.8) is 0 Å². The van der Waals surface area contributed by atoms with Crippen molar-refractivity contribution >= 4 is 12.0 Å². The highest BCUT2D eigenvalue weighted by Crippen LogP contribution is 2.25. The topological polar surface area (TPSA) is 68.8 Å². The molecule has 0 radical (unpaired) electrons. The molecule has 0 saturated carbocycles. The van der Waals surface area contributed by atoms with E-state index in [1.165, 1.54) is 11.1 Å². The molecule has 1 aliphatic heterocycles. The maximum Gasteiger partial charge on any atom is 0.246 e. The van der Waals surface area contributed by atoms with Crippen molar-refractivity contribution in [3.8, 4) is 11.3 Å². The molecule has 4 aromatic rings. The van der Waals surface area contributed by atoms with E-state index in [4.69, 9.17) is 5.10 Å². The number of carbonyl (C=O) groups is 1. The lowest BCUT2D eigenvalue weighted by Crippen LogP contribution is -2.38. The Morgan fingerprint density at radius 2 is 1.82 bits per heavy atom. The Balaban J connectivity index is 1.33. The Labute approximate surface area is 199 Å². The van der Waals surface area contributed by atoms with Gasteiger partial charge in [0.15, 0.2) is 0 Å². The molecule has 34 heavy (non-hydrogen) atoms. The summed E-state index contributed by atoms with van der Waals surface area (Å²) < 4.78 is 3.84. The summed E-state index contributed by atoms with van der Waals surface area (Å²) >= 11 is 0. The minimum Gasteiger partial charge on any atom is -0.339 e. The summed E-state index contributed by atoms with van der Waals surface area (Å²) in [4.78, 5) is 18.9. The highest BCUT2D eigenvalue weighted by atomic mass is 16.2. The Hall–Kier alpha value is -4.00. The molecule has 3 heterocycles. The van der Waals surface area contributed by atoms with Crippen LogP contribution in [0.2, 0.25) is 0 Å². The first kappa shape index (κ1) is 21.8. The van der Waals surface area contributed by atoms with Gasteiger partial charge in [0, 0.05) is 36.5 Å². The molecule has 1 aliphatic rings. The zero-order valence-corrected chi connectivity index (χ0v) is 19.3. The van der Waals surface area contributed by atoms with Crippen LogP contribution in [0, 0.1) is 6.92 Å². The number of aryl methyl sites for hydroxylation is 1. The Morgan fingerprint density at radius 1 is 1.06 bits per heavy atom. The van der Waals surface area contributed by atoms with Gasteiger partial charge in [0.1, 0.15) is 12.7 Å². The van der Waals surface area contributed by atoms with Gasteiger partial charge in [-0.25, -0.2) is 9.67 Å². The van der Waals surface area contributed by atoms with Crippen LogP contribution in [-0.4, -0.2) is 48.4 Å². The summed E-state index contributed by atoms with van der Waals surface area (Å²) in [7, 11) is 0. The van der Waals surface area contributed by atoms with Crippen molar-refractivity contribution < 1.29 is 4.79 Å². The molecule has 2 aromatic carbocycles. The van der Waals surface area contributed by atoms with Crippen molar-refractivity contribution in [1.29, 1.82) is 0 Å². The van der Waals surface area contributed by atoms with E-state index in [2.05, 4.69) is 53.4 Å². The van der Waals surface area contributed by atoms with Gasteiger partial charge in [-0.05, 0) is 31.4 Å². The number of likely N-dealkylation sites (tertiary alicyclic amines) is 1. The van der Waals surface area contributed by atoms with E-state index in [1.54, 1.807) is 18.7 Å². The van der Waals surface area contributed by atoms with Gasteiger partial charge < -0.3 is 4.90 Å². The minimum atomic E-state index is 0.0303. The van der Waals surface area contributed by atoms with Crippen LogP contribution >= 0.6 is 0 Å². The Kier molecular flexibility index (Phi) is 6.33. The molecule has 5 rings (SSSR count). The molecule has 2 aromatic heterocycles. The van der Waals surface area contributed by atoms with Gasteiger partial charge >= 0.3 is 0 Å². The van der Waals surface area contributed by atoms with Gasteiger partial charge in [-0.15, -0.1) is 0 Å². The first-order valence-corrected chi connectivity index (χ1v) is 11.7. The summed E-state index contributed by atoms with van der Waals surface area (Å²) in [5, 5.41) is 9.10. The number of piperidine rings is 1. The monoisotopic (exact) mass is 452 g/mol. The van der Waals surface area contributed by atoms with Gasteiger partial charge in [0.2, 0.25) is 5.91 Å². The second-order valence-electron chi connectivity index (χ2n) is 8.75. The number of hydrogen-bond donors (Lipinski definition) is 0. The van der Waals surface area contributed by atoms with Gasteiger partial charge in [-0.3, -0.25) is 9.48 Å². The lowest BCUT2D eigenvalue weighted by Gasteiger charge is -2.31. The Bertz CT molecular complexity index is 1250. The maximum atomic E-state index is 12.9. The predicted octanol–water partition coefficient (Wildman–Crippen LogP) is 4.38. The fourth-order valence-electron chi connectivity index (χ4n) is 4.37. The molecule has 172 valence electrons. The van der Waals surface area contributed by atoms with Gasteiger partial charge in [0.25, 0.3) is 0 Å². The van der Waals surface area contributed by atoms with Crippen LogP contribution in [-0.2, 0) is 11.3 Å². The fraction of sp³-hybridized carbons (Fsp3) is 0.259. The number of rotatable bonds is 6. The standard InChI is InChI=1S/C27H28N6O/c1-21-7-9-23(10-8-21)27-24(18-32(30-27)17-22-5-3-2-4-6-22)11-12-26(34)31-15-13-25(14-16-31)33-20-28-19-29-33/h2-12,18-20,25H,13-17H2,1H3/b12-11+. The van der Waals surface area contributed by atoms with Crippen molar-refractivity contribution in [3.05, 3.63) is 96.2 Å². The van der Waals surface area contributed by atoms with E-state index in [0.29, 0.717) is 25.7 Å². The summed E-state index contributed by atoms with van der Waals surface area (Å²) in [6.07, 6.45) is 10.7. The van der Waals surface area contributed by atoms with Crippen LogP contribution in [0.15, 0.2) is 79.5 Å². The van der Waals surface area contributed by atoms with Crippen molar-refractivity contribution in [2.24, 2.45) is 0 Å². The molecule has 1 amide bonds. The molecule has 1 saturated heterocycles. The quantitative estimate of drug-likeness (QED) is 0.407. The molecule has 7 nitrogen and oxygen atoms in total. The first-order valence-electron chi connectivity index (χ1n) is 11.7. The molecule has 1 fully saturated rings. The number of aromatic nitrogens is 5. The lowest BCUT2D eigenvalue weighted by atomic mass is 10.0. The number of carbonyl (C=O) groups excluding carboxylic acids is 1. The second kappa shape index (κ2) is 9.87. The Morgan fingerprint density at radius 3 is 2.53 bits per heavy atom. The van der Waals surface area contributed by atoms with Crippen LogP contribution in [0.5, 0.6) is 0 Å². The highest BCUT2D eigenvalue weighted by Gasteiger charge is 2.23. The second-order valence-corrected chi connectivity index (χ2v) is 8.75. The average Bonchev–Trinajstić information content (AvgIpc) is 3.54. The van der Waals surface area contributed by atoms with Gasteiger partial charge in [-0.1, -0.05) is 60.2 Å². The maximum absolute atomic E-state index is 12.9. The number of hydrogen-bond acceptors (Lipinski definition) is 4. The number of nitrogens with zero attached hydrogens (tertiary/aromatic N) is 6. The van der Waals surface area contributed by atoms with Crippen LogP contribution in [0.25, 0.3) is 17.3 Å². The highest BCUT2D eigenvalue weighted by molar-refractivity contribution is 5.93. The third kappa shape index (κ3) is 4.98. The number of benzene rings is 2. The molecule has 0 atom stereocenters. The summed E-state index contributed by atoms with van der Waals surface area (Å²) in [6, 6.07) is 18.9. The molecular weight excluding hydrogens is 424 g/mol. The summed E-state index contributed by atoms with van der Waals surface area (Å²) in [5.74, 6) is 0.0303. The van der Waals surface area contributed by atoms with Gasteiger partial charge in [0.05, 0.1) is 18.3 Å². The smallest absolute Gasteiger partial charge is 0.246 e. The molecule has 0 bridgehead atoms. The van der Waals surface area contributed by atoms with E-state index >= 15 is 0 Å². The third-order valence-electron chi connectivity index (χ3n) is 6.29. The van der Waals surface area contributed by atoms with Crippen LogP contribution < -0.4 is 0 Å². The first-order chi connectivity index (χ1) is 16.7. The zero-order chi connectivity index (χ0) is 23.3. The van der Waals surface area contributed by atoms with E-state index in [-0.39, 0.29) is 5.91 Å². The van der Waals surface area contributed by atoms with Crippen LogP contribution in [0.3, 0.4) is 0 Å². The number of amides is 1. The molecule has 0 N–H and O–H groups in total. The van der Waals surface area contributed by atoms with Crippen LogP contribution in [0.1, 0.15) is 35.6 Å². The molecule has 7 heteroatoms. The molecule has 0 unspecified atom stereocenters. The normalized spacial score (nSPS) is 14.7. The van der Waals surface area contributed by atoms with Crippen molar-refractivity contribution in [1.82, 2.24) is 29.4 Å².